The van der Waals surface area contributed by atoms with Gasteiger partial charge in [-0.05, 0) is 67.8 Å². The Morgan fingerprint density at radius 2 is 1.73 bits per heavy atom. The molecule has 2 heterocycles. The van der Waals surface area contributed by atoms with Crippen molar-refractivity contribution >= 4 is 17.9 Å². The molecule has 1 aliphatic heterocycles. The molecule has 4 rings (SSSR count). The third-order valence-electron chi connectivity index (χ3n) is 6.89. The number of carboxylic acid groups (broad SMARTS) is 1. The van der Waals surface area contributed by atoms with E-state index in [0.29, 0.717) is 18.6 Å². The molecule has 0 radical (unpaired) electrons. The largest absolute Gasteiger partial charge is 0.465 e. The Balaban J connectivity index is 1.40. The van der Waals surface area contributed by atoms with E-state index < -0.39 is 36.3 Å². The Bertz CT molecular complexity index is 1420. The van der Waals surface area contributed by atoms with E-state index in [1.807, 2.05) is 37.4 Å². The van der Waals surface area contributed by atoms with Gasteiger partial charge in [0.25, 0.3) is 11.8 Å². The minimum Gasteiger partial charge on any atom is -0.465 e. The van der Waals surface area contributed by atoms with Crippen LogP contribution in [-0.4, -0.2) is 69.7 Å². The van der Waals surface area contributed by atoms with Gasteiger partial charge in [0.2, 0.25) is 0 Å². The molecular weight excluding hydrogens is 526 g/mol. The number of benzene rings is 2. The molecule has 2 aromatic carbocycles. The number of hydroxylamine groups is 1. The van der Waals surface area contributed by atoms with Crippen molar-refractivity contribution in [2.75, 3.05) is 13.7 Å². The number of hydrogen-bond acceptors (Lipinski definition) is 6. The fourth-order valence-electron chi connectivity index (χ4n) is 4.25. The van der Waals surface area contributed by atoms with Gasteiger partial charge in [-0.1, -0.05) is 24.0 Å². The summed E-state index contributed by atoms with van der Waals surface area (Å²) in [5, 5.41) is 16.2. The summed E-state index contributed by atoms with van der Waals surface area (Å²) in [5.41, 5.74) is 6.19. The molecule has 1 fully saturated rings. The third-order valence-corrected chi connectivity index (χ3v) is 6.89. The van der Waals surface area contributed by atoms with Crippen LogP contribution in [0.4, 0.5) is 4.79 Å². The Morgan fingerprint density at radius 3 is 2.29 bits per heavy atom. The number of likely N-dealkylation sites (N-methyl/N-ethyl adjacent to an activating group) is 1. The van der Waals surface area contributed by atoms with Gasteiger partial charge in [0, 0.05) is 50.0 Å². The van der Waals surface area contributed by atoms with E-state index in [9.17, 15) is 19.5 Å². The van der Waals surface area contributed by atoms with Gasteiger partial charge in [-0.25, -0.2) is 15.1 Å². The van der Waals surface area contributed by atoms with E-state index in [1.165, 1.54) is 14.0 Å². The van der Waals surface area contributed by atoms with Crippen LogP contribution in [0, 0.1) is 11.8 Å². The van der Waals surface area contributed by atoms with Crippen molar-refractivity contribution in [3.63, 3.8) is 0 Å². The summed E-state index contributed by atoms with van der Waals surface area (Å²) in [5.74, 6) is 4.96. The summed E-state index contributed by atoms with van der Waals surface area (Å²) < 4.78 is 7.25. The SMILES string of the molecule is CC([C@H](NC(=O)c1ccc(C#Cc2ccc(-c3ccnn3C)cc2)cc1)C(=O)NOC1CCCCO1)N(C)C(=O)O. The maximum Gasteiger partial charge on any atom is 0.407 e. The zero-order valence-corrected chi connectivity index (χ0v) is 23.2. The zero-order valence-electron chi connectivity index (χ0n) is 23.2. The van der Waals surface area contributed by atoms with Crippen molar-refractivity contribution in [1.29, 1.82) is 0 Å². The van der Waals surface area contributed by atoms with E-state index in [0.717, 1.165) is 34.6 Å². The second-order valence-electron chi connectivity index (χ2n) is 9.71. The average molecular weight is 560 g/mol. The second kappa shape index (κ2) is 13.6. The highest BCUT2D eigenvalue weighted by molar-refractivity contribution is 5.97. The van der Waals surface area contributed by atoms with E-state index in [1.54, 1.807) is 35.1 Å². The first-order valence-electron chi connectivity index (χ1n) is 13.3. The van der Waals surface area contributed by atoms with Gasteiger partial charge >= 0.3 is 6.09 Å². The molecule has 0 saturated carbocycles. The minimum atomic E-state index is -1.24. The smallest absolute Gasteiger partial charge is 0.407 e. The maximum absolute atomic E-state index is 13.0. The first-order chi connectivity index (χ1) is 19.7. The van der Waals surface area contributed by atoms with Crippen molar-refractivity contribution in [2.24, 2.45) is 7.05 Å². The van der Waals surface area contributed by atoms with E-state index in [-0.39, 0.29) is 5.56 Å². The van der Waals surface area contributed by atoms with Crippen LogP contribution in [0.15, 0.2) is 60.8 Å². The van der Waals surface area contributed by atoms with Gasteiger partial charge < -0.3 is 20.1 Å². The lowest BCUT2D eigenvalue weighted by molar-refractivity contribution is -0.201. The molecule has 1 saturated heterocycles. The van der Waals surface area contributed by atoms with Gasteiger partial charge in [0.15, 0.2) is 6.29 Å². The van der Waals surface area contributed by atoms with Crippen molar-refractivity contribution in [1.82, 2.24) is 25.5 Å². The average Bonchev–Trinajstić information content (AvgIpc) is 3.43. The van der Waals surface area contributed by atoms with Crippen LogP contribution in [0.2, 0.25) is 0 Å². The second-order valence-corrected chi connectivity index (χ2v) is 9.71. The quantitative estimate of drug-likeness (QED) is 0.285. The van der Waals surface area contributed by atoms with Crippen LogP contribution in [-0.2, 0) is 21.4 Å². The molecule has 41 heavy (non-hydrogen) atoms. The van der Waals surface area contributed by atoms with E-state index in [4.69, 9.17) is 9.57 Å². The predicted molar refractivity (Wildman–Crippen MR) is 150 cm³/mol. The molecule has 0 bridgehead atoms. The number of ether oxygens (including phenoxy) is 1. The number of aryl methyl sites for hydroxylation is 1. The summed E-state index contributed by atoms with van der Waals surface area (Å²) in [7, 11) is 3.21. The van der Waals surface area contributed by atoms with Crippen molar-refractivity contribution in [2.45, 2.75) is 44.6 Å². The molecule has 0 aliphatic carbocycles. The van der Waals surface area contributed by atoms with E-state index >= 15 is 0 Å². The molecule has 3 N–H and O–H groups in total. The molecule has 1 aliphatic rings. The highest BCUT2D eigenvalue weighted by Gasteiger charge is 2.33. The Kier molecular flexibility index (Phi) is 9.73. The fraction of sp³-hybridized carbons (Fsp3) is 0.333. The van der Waals surface area contributed by atoms with Crippen LogP contribution in [0.25, 0.3) is 11.3 Å². The van der Waals surface area contributed by atoms with Crippen LogP contribution >= 0.6 is 0 Å². The number of rotatable bonds is 8. The first-order valence-corrected chi connectivity index (χ1v) is 13.3. The van der Waals surface area contributed by atoms with Crippen molar-refractivity contribution in [3.05, 3.63) is 77.5 Å². The number of nitrogens with one attached hydrogen (secondary N) is 2. The molecule has 3 aromatic rings. The lowest BCUT2D eigenvalue weighted by atomic mass is 10.1. The molecule has 3 atom stereocenters. The molecular formula is C30H33N5O6. The van der Waals surface area contributed by atoms with Crippen LogP contribution < -0.4 is 10.8 Å². The third kappa shape index (κ3) is 7.72. The van der Waals surface area contributed by atoms with Gasteiger partial charge in [-0.15, -0.1) is 0 Å². The minimum absolute atomic E-state index is 0.288. The molecule has 3 amide bonds. The summed E-state index contributed by atoms with van der Waals surface area (Å²) in [4.78, 5) is 43.8. The van der Waals surface area contributed by atoms with Gasteiger partial charge in [0.05, 0.1) is 11.7 Å². The van der Waals surface area contributed by atoms with E-state index in [2.05, 4.69) is 27.7 Å². The fourth-order valence-corrected chi connectivity index (χ4v) is 4.25. The van der Waals surface area contributed by atoms with Crippen LogP contribution in [0.1, 0.15) is 47.7 Å². The van der Waals surface area contributed by atoms with Gasteiger partial charge in [-0.3, -0.25) is 14.3 Å². The predicted octanol–water partition coefficient (Wildman–Crippen LogP) is 3.16. The molecule has 11 nitrogen and oxygen atoms in total. The zero-order chi connectivity index (χ0) is 29.4. The Morgan fingerprint density at radius 1 is 1.07 bits per heavy atom. The molecule has 1 aromatic heterocycles. The topological polar surface area (TPSA) is 135 Å². The lowest BCUT2D eigenvalue weighted by Gasteiger charge is -2.30. The number of carbonyl (C=O) groups excluding carboxylic acids is 2. The summed E-state index contributed by atoms with van der Waals surface area (Å²) in [6.07, 6.45) is 2.35. The van der Waals surface area contributed by atoms with Gasteiger partial charge in [-0.2, -0.15) is 5.10 Å². The molecule has 2 unspecified atom stereocenters. The van der Waals surface area contributed by atoms with Crippen molar-refractivity contribution < 1.29 is 29.1 Å². The van der Waals surface area contributed by atoms with Gasteiger partial charge in [0.1, 0.15) is 6.04 Å². The van der Waals surface area contributed by atoms with Crippen LogP contribution in [0.5, 0.6) is 0 Å². The maximum atomic E-state index is 13.0. The summed E-state index contributed by atoms with van der Waals surface area (Å²) >= 11 is 0. The summed E-state index contributed by atoms with van der Waals surface area (Å²) in [6.45, 7) is 2.05. The number of amides is 3. The van der Waals surface area contributed by atoms with Crippen LogP contribution in [0.3, 0.4) is 0 Å². The summed E-state index contributed by atoms with van der Waals surface area (Å²) in [6, 6.07) is 14.3. The molecule has 214 valence electrons. The Hall–Kier alpha value is -4.66. The molecule has 11 heteroatoms. The number of carbonyl (C=O) groups is 3. The lowest BCUT2D eigenvalue weighted by Crippen LogP contribution is -2.58. The Labute approximate surface area is 238 Å². The number of hydrogen-bond donors (Lipinski definition) is 3. The monoisotopic (exact) mass is 559 g/mol. The highest BCUT2D eigenvalue weighted by atomic mass is 16.8. The normalized spacial score (nSPS) is 16.0. The highest BCUT2D eigenvalue weighted by Crippen LogP contribution is 2.18. The first kappa shape index (κ1) is 29.3. The number of nitrogens with zero attached hydrogens (tertiary/aromatic N) is 3. The molecule has 0 spiro atoms. The standard InChI is InChI=1S/C30H33N5O6/c1-20(34(2)30(38)39)27(29(37)33-41-26-6-4-5-19-40-26)32-28(36)24-15-11-22(12-16-24)8-7-21-9-13-23(14-10-21)25-17-18-31-35(25)3/h9-18,20,26-27H,4-6,19H2,1-3H3,(H,32,36)(H,33,37)(H,38,39)/t20?,26?,27-/m0/s1. The van der Waals surface area contributed by atoms with Crippen molar-refractivity contribution in [3.8, 4) is 23.1 Å². The number of aromatic nitrogens is 2.